The Morgan fingerprint density at radius 3 is 2.37 bits per heavy atom. The lowest BCUT2D eigenvalue weighted by Gasteiger charge is -2.25. The highest BCUT2D eigenvalue weighted by Gasteiger charge is 2.33. The fourth-order valence-electron chi connectivity index (χ4n) is 3.96. The maximum Gasteiger partial charge on any atom is 0.338 e. The van der Waals surface area contributed by atoms with Crippen LogP contribution < -0.4 is 24.4 Å². The lowest BCUT2D eigenvalue weighted by atomic mass is 9.96. The number of aromatic nitrogens is 1. The normalized spacial score (nSPS) is 15.6. The van der Waals surface area contributed by atoms with Gasteiger partial charge in [0.25, 0.3) is 5.56 Å². The van der Waals surface area contributed by atoms with E-state index in [-0.39, 0.29) is 18.3 Å². The molecule has 1 aliphatic rings. The van der Waals surface area contributed by atoms with Crippen LogP contribution in [0.1, 0.15) is 44.9 Å². The van der Waals surface area contributed by atoms with Gasteiger partial charge in [-0.2, -0.15) is 0 Å². The molecule has 8 heteroatoms. The number of thiazole rings is 1. The van der Waals surface area contributed by atoms with Crippen LogP contribution in [0.5, 0.6) is 11.5 Å². The van der Waals surface area contributed by atoms with Crippen LogP contribution >= 0.6 is 11.3 Å². The molecule has 0 saturated carbocycles. The number of carbonyl (C=O) groups excluding carboxylic acids is 1. The zero-order valence-corrected chi connectivity index (χ0v) is 21.2. The van der Waals surface area contributed by atoms with E-state index in [0.717, 1.165) is 16.9 Å². The molecule has 182 valence electrons. The maximum absolute atomic E-state index is 13.6. The minimum absolute atomic E-state index is 0.0358. The molecule has 35 heavy (non-hydrogen) atoms. The van der Waals surface area contributed by atoms with Gasteiger partial charge in [0.1, 0.15) is 11.5 Å². The van der Waals surface area contributed by atoms with Crippen molar-refractivity contribution in [3.05, 3.63) is 90.6 Å². The second-order valence-electron chi connectivity index (χ2n) is 8.31. The molecule has 3 aromatic rings. The van der Waals surface area contributed by atoms with Crippen molar-refractivity contribution < 1.29 is 19.0 Å². The van der Waals surface area contributed by atoms with Crippen LogP contribution in [0.4, 0.5) is 0 Å². The molecule has 4 rings (SSSR count). The summed E-state index contributed by atoms with van der Waals surface area (Å²) in [6, 6.07) is 14.2. The van der Waals surface area contributed by atoms with Gasteiger partial charge in [-0.15, -0.1) is 0 Å². The fourth-order valence-corrected chi connectivity index (χ4v) is 5.01. The Hall–Kier alpha value is -3.65. The first-order chi connectivity index (χ1) is 16.8. The summed E-state index contributed by atoms with van der Waals surface area (Å²) >= 11 is 1.29. The molecule has 0 spiro atoms. The summed E-state index contributed by atoms with van der Waals surface area (Å²) in [6.07, 6.45) is 1.86. The van der Waals surface area contributed by atoms with Crippen molar-refractivity contribution in [3.8, 4) is 11.5 Å². The minimum atomic E-state index is -0.656. The molecule has 0 radical (unpaired) electrons. The highest BCUT2D eigenvalue weighted by molar-refractivity contribution is 7.07. The molecule has 0 bridgehead atoms. The van der Waals surface area contributed by atoms with Gasteiger partial charge in [-0.25, -0.2) is 9.79 Å². The van der Waals surface area contributed by atoms with Crippen molar-refractivity contribution in [1.82, 2.24) is 4.57 Å². The van der Waals surface area contributed by atoms with E-state index in [1.165, 1.54) is 11.3 Å². The monoisotopic (exact) mass is 492 g/mol. The molecular weight excluding hydrogens is 464 g/mol. The summed E-state index contributed by atoms with van der Waals surface area (Å²) in [5, 5.41) is 0. The van der Waals surface area contributed by atoms with Crippen molar-refractivity contribution in [3.63, 3.8) is 0 Å². The third kappa shape index (κ3) is 5.07. The number of benzene rings is 2. The van der Waals surface area contributed by atoms with E-state index in [1.807, 2.05) is 68.5 Å². The molecule has 1 aliphatic heterocycles. The molecule has 0 amide bonds. The van der Waals surface area contributed by atoms with E-state index < -0.39 is 12.0 Å². The SMILES string of the molecule is CCOC(=O)C1=C(C)N=c2s/c(=C/c3ccc(OC)cc3)c(=O)n2C1c1ccc(OC(C)C)cc1. The van der Waals surface area contributed by atoms with Crippen LogP contribution in [0.2, 0.25) is 0 Å². The lowest BCUT2D eigenvalue weighted by Crippen LogP contribution is -2.39. The maximum atomic E-state index is 13.6. The average Bonchev–Trinajstić information content (AvgIpc) is 3.13. The number of nitrogens with zero attached hydrogens (tertiary/aromatic N) is 2. The molecule has 2 heterocycles. The Bertz CT molecular complexity index is 1430. The number of allylic oxidation sites excluding steroid dienone is 1. The van der Waals surface area contributed by atoms with Gasteiger partial charge in [-0.3, -0.25) is 9.36 Å². The molecular formula is C27H28N2O5S. The van der Waals surface area contributed by atoms with Gasteiger partial charge in [-0.1, -0.05) is 35.6 Å². The summed E-state index contributed by atoms with van der Waals surface area (Å²) in [6.45, 7) is 7.67. The van der Waals surface area contributed by atoms with Crippen molar-refractivity contribution in [2.24, 2.45) is 4.99 Å². The first-order valence-corrected chi connectivity index (χ1v) is 12.2. The van der Waals surface area contributed by atoms with Gasteiger partial charge in [0.15, 0.2) is 4.80 Å². The van der Waals surface area contributed by atoms with E-state index in [1.54, 1.807) is 25.5 Å². The number of hydrogen-bond donors (Lipinski definition) is 0. The van der Waals surface area contributed by atoms with E-state index >= 15 is 0 Å². The Kier molecular flexibility index (Phi) is 7.21. The predicted octanol–water partition coefficient (Wildman–Crippen LogP) is 3.59. The summed E-state index contributed by atoms with van der Waals surface area (Å²) in [5.74, 6) is 0.975. The summed E-state index contributed by atoms with van der Waals surface area (Å²) in [5.41, 5.74) is 2.31. The third-order valence-corrected chi connectivity index (χ3v) is 6.48. The van der Waals surface area contributed by atoms with Crippen LogP contribution in [0.25, 0.3) is 6.08 Å². The highest BCUT2D eigenvalue weighted by Crippen LogP contribution is 2.31. The smallest absolute Gasteiger partial charge is 0.338 e. The van der Waals surface area contributed by atoms with Crippen molar-refractivity contribution >= 4 is 23.4 Å². The fraction of sp³-hybridized carbons (Fsp3) is 0.296. The number of methoxy groups -OCH3 is 1. The van der Waals surface area contributed by atoms with Crippen LogP contribution in [0.15, 0.2) is 69.6 Å². The first kappa shape index (κ1) is 24.5. The standard InChI is InChI=1S/C27H28N2O5S/c1-6-33-26(31)23-17(4)28-27-29(24(23)19-9-13-21(14-10-19)34-16(2)3)25(30)22(35-27)15-18-7-11-20(32-5)12-8-18/h7-16,24H,6H2,1-5H3/b22-15+. The molecule has 1 unspecified atom stereocenters. The zero-order chi connectivity index (χ0) is 25.1. The highest BCUT2D eigenvalue weighted by atomic mass is 32.1. The second kappa shape index (κ2) is 10.3. The van der Waals surface area contributed by atoms with Crippen LogP contribution in [0, 0.1) is 0 Å². The molecule has 2 aromatic carbocycles. The Balaban J connectivity index is 1.87. The van der Waals surface area contributed by atoms with Crippen LogP contribution in [-0.4, -0.2) is 30.4 Å². The van der Waals surface area contributed by atoms with E-state index in [0.29, 0.717) is 26.4 Å². The molecule has 1 atom stereocenters. The van der Waals surface area contributed by atoms with Crippen molar-refractivity contribution in [1.29, 1.82) is 0 Å². The Morgan fingerprint density at radius 2 is 1.77 bits per heavy atom. The van der Waals surface area contributed by atoms with E-state index in [2.05, 4.69) is 4.99 Å². The van der Waals surface area contributed by atoms with Gasteiger partial charge in [0.05, 0.1) is 41.7 Å². The van der Waals surface area contributed by atoms with Crippen molar-refractivity contribution in [2.75, 3.05) is 13.7 Å². The zero-order valence-electron chi connectivity index (χ0n) is 20.4. The van der Waals surface area contributed by atoms with Gasteiger partial charge < -0.3 is 14.2 Å². The summed E-state index contributed by atoms with van der Waals surface area (Å²) in [7, 11) is 1.61. The molecule has 0 aliphatic carbocycles. The van der Waals surface area contributed by atoms with Gasteiger partial charge >= 0.3 is 5.97 Å². The van der Waals surface area contributed by atoms with Gasteiger partial charge in [-0.05, 0) is 69.2 Å². The topological polar surface area (TPSA) is 79.1 Å². The number of carbonyl (C=O) groups is 1. The Labute approximate surface area is 207 Å². The molecule has 0 saturated heterocycles. The predicted molar refractivity (Wildman–Crippen MR) is 136 cm³/mol. The number of fused-ring (bicyclic) bond motifs is 1. The largest absolute Gasteiger partial charge is 0.497 e. The molecule has 0 fully saturated rings. The number of ether oxygens (including phenoxy) is 3. The summed E-state index contributed by atoms with van der Waals surface area (Å²) < 4.78 is 18.4. The van der Waals surface area contributed by atoms with Crippen LogP contribution in [0.3, 0.4) is 0 Å². The molecule has 1 aromatic heterocycles. The average molecular weight is 493 g/mol. The van der Waals surface area contributed by atoms with Crippen LogP contribution in [-0.2, 0) is 9.53 Å². The molecule has 7 nitrogen and oxygen atoms in total. The van der Waals surface area contributed by atoms with E-state index in [9.17, 15) is 9.59 Å². The number of hydrogen-bond acceptors (Lipinski definition) is 7. The summed E-state index contributed by atoms with van der Waals surface area (Å²) in [4.78, 5) is 31.8. The van der Waals surface area contributed by atoms with Gasteiger partial charge in [0, 0.05) is 0 Å². The molecule has 0 N–H and O–H groups in total. The quantitative estimate of drug-likeness (QED) is 0.471. The first-order valence-electron chi connectivity index (χ1n) is 11.4. The van der Waals surface area contributed by atoms with E-state index in [4.69, 9.17) is 14.2 Å². The minimum Gasteiger partial charge on any atom is -0.497 e. The van der Waals surface area contributed by atoms with Gasteiger partial charge in [0.2, 0.25) is 0 Å². The number of rotatable bonds is 7. The third-order valence-electron chi connectivity index (χ3n) is 5.50. The Morgan fingerprint density at radius 1 is 1.11 bits per heavy atom. The second-order valence-corrected chi connectivity index (χ2v) is 9.32. The number of esters is 1. The lowest BCUT2D eigenvalue weighted by molar-refractivity contribution is -0.139. The van der Waals surface area contributed by atoms with Crippen molar-refractivity contribution in [2.45, 2.75) is 39.8 Å².